The normalized spacial score (nSPS) is 10.5. The van der Waals surface area contributed by atoms with Crippen LogP contribution in [0.2, 0.25) is 0 Å². The second kappa shape index (κ2) is 8.24. The zero-order valence-electron chi connectivity index (χ0n) is 17.1. The highest BCUT2D eigenvalue weighted by Gasteiger charge is 2.32. The summed E-state index contributed by atoms with van der Waals surface area (Å²) in [6.45, 7) is 1.43. The number of benzene rings is 3. The highest BCUT2D eigenvalue weighted by molar-refractivity contribution is 6.14. The Morgan fingerprint density at radius 3 is 2.31 bits per heavy atom. The maximum absolute atomic E-state index is 12.9. The molecule has 8 heteroatoms. The zero-order chi connectivity index (χ0) is 22.8. The molecule has 158 valence electrons. The number of hydrogen-bond donors (Lipinski definition) is 0. The van der Waals surface area contributed by atoms with Gasteiger partial charge in [-0.3, -0.25) is 10.1 Å². The summed E-state index contributed by atoms with van der Waals surface area (Å²) in [5.41, 5.74) is 0.177. The van der Waals surface area contributed by atoms with Crippen LogP contribution in [-0.2, 0) is 0 Å². The standard InChI is InChI=1S/C22H13NO6.C2H3N/c1-27-16-11-10-12-6-2-3-7-13(12)17(16)18-19-20(29-21(18)23(25)26)14-8-4-5-9-15(14)28-22(19)24;1-2-3/h2-11H,1H3;1H3. The van der Waals surface area contributed by atoms with E-state index >= 15 is 0 Å². The number of rotatable bonds is 3. The first-order valence-corrected chi connectivity index (χ1v) is 9.51. The summed E-state index contributed by atoms with van der Waals surface area (Å²) in [5.74, 6) is -0.139. The van der Waals surface area contributed by atoms with Gasteiger partial charge in [-0.15, -0.1) is 0 Å². The molecule has 8 nitrogen and oxygen atoms in total. The lowest BCUT2D eigenvalue weighted by molar-refractivity contribution is -0.400. The van der Waals surface area contributed by atoms with E-state index < -0.39 is 16.4 Å². The molecule has 32 heavy (non-hydrogen) atoms. The van der Waals surface area contributed by atoms with Crippen molar-refractivity contribution in [3.05, 3.63) is 81.2 Å². The molecule has 0 unspecified atom stereocenters. The molecule has 0 spiro atoms. The van der Waals surface area contributed by atoms with E-state index in [0.717, 1.165) is 5.39 Å². The molecule has 0 aliphatic heterocycles. The van der Waals surface area contributed by atoms with Crippen molar-refractivity contribution in [1.29, 1.82) is 5.26 Å². The molecule has 2 aromatic heterocycles. The predicted octanol–water partition coefficient (Wildman–Crippen LogP) is 5.81. The van der Waals surface area contributed by atoms with Crippen LogP contribution in [0.25, 0.3) is 43.8 Å². The van der Waals surface area contributed by atoms with E-state index in [1.807, 2.05) is 30.3 Å². The van der Waals surface area contributed by atoms with Gasteiger partial charge >= 0.3 is 11.5 Å². The van der Waals surface area contributed by atoms with Crippen molar-refractivity contribution in [1.82, 2.24) is 0 Å². The molecule has 0 fully saturated rings. The van der Waals surface area contributed by atoms with E-state index in [4.69, 9.17) is 18.8 Å². The van der Waals surface area contributed by atoms with Gasteiger partial charge in [-0.05, 0) is 29.0 Å². The molecular weight excluding hydrogens is 412 g/mol. The maximum atomic E-state index is 12.9. The summed E-state index contributed by atoms with van der Waals surface area (Å²) in [5, 5.41) is 21.3. The zero-order valence-corrected chi connectivity index (χ0v) is 17.1. The van der Waals surface area contributed by atoms with Gasteiger partial charge in [0.15, 0.2) is 5.58 Å². The van der Waals surface area contributed by atoms with Gasteiger partial charge < -0.3 is 13.6 Å². The van der Waals surface area contributed by atoms with Crippen LogP contribution in [0.5, 0.6) is 5.75 Å². The minimum Gasteiger partial charge on any atom is -0.496 e. The maximum Gasteiger partial charge on any atom is 0.442 e. The molecule has 3 aromatic carbocycles. The molecule has 0 atom stereocenters. The van der Waals surface area contributed by atoms with Crippen molar-refractivity contribution in [3.63, 3.8) is 0 Å². The number of hydrogen-bond acceptors (Lipinski definition) is 7. The SMILES string of the molecule is CC#N.COc1ccc2ccccc2c1-c1c([N+](=O)[O-])oc2c1c(=O)oc1ccccc12. The Morgan fingerprint density at radius 2 is 1.62 bits per heavy atom. The quantitative estimate of drug-likeness (QED) is 0.202. The molecule has 0 N–H and O–H groups in total. The largest absolute Gasteiger partial charge is 0.496 e. The molecule has 5 aromatic rings. The summed E-state index contributed by atoms with van der Waals surface area (Å²) in [4.78, 5) is 24.1. The Morgan fingerprint density at radius 1 is 0.969 bits per heavy atom. The lowest BCUT2D eigenvalue weighted by Crippen LogP contribution is -2.01. The predicted molar refractivity (Wildman–Crippen MR) is 120 cm³/mol. The highest BCUT2D eigenvalue weighted by Crippen LogP contribution is 2.46. The average Bonchev–Trinajstić information content (AvgIpc) is 3.20. The van der Waals surface area contributed by atoms with Crippen LogP contribution in [0.1, 0.15) is 6.92 Å². The van der Waals surface area contributed by atoms with Crippen molar-refractivity contribution < 1.29 is 18.5 Å². The van der Waals surface area contributed by atoms with Crippen molar-refractivity contribution in [2.24, 2.45) is 0 Å². The topological polar surface area (TPSA) is 120 Å². The molecule has 0 aliphatic rings. The van der Waals surface area contributed by atoms with E-state index in [2.05, 4.69) is 0 Å². The third-order valence-corrected chi connectivity index (χ3v) is 4.95. The fourth-order valence-electron chi connectivity index (χ4n) is 3.74. The van der Waals surface area contributed by atoms with Crippen LogP contribution in [0.15, 0.2) is 74.3 Å². The number of para-hydroxylation sites is 1. The van der Waals surface area contributed by atoms with E-state index in [-0.39, 0.29) is 16.5 Å². The Balaban J connectivity index is 0.000000775. The number of nitro groups is 1. The van der Waals surface area contributed by atoms with E-state index in [1.54, 1.807) is 36.4 Å². The Hall–Kier alpha value is -4.64. The Kier molecular flexibility index (Phi) is 5.31. The van der Waals surface area contributed by atoms with Gasteiger partial charge in [-0.1, -0.05) is 42.5 Å². The van der Waals surface area contributed by atoms with E-state index in [0.29, 0.717) is 27.7 Å². The van der Waals surface area contributed by atoms with Crippen molar-refractivity contribution in [3.8, 4) is 22.9 Å². The fourth-order valence-corrected chi connectivity index (χ4v) is 3.74. The number of furan rings is 1. The minimum atomic E-state index is -0.708. The molecule has 2 heterocycles. The van der Waals surface area contributed by atoms with Gasteiger partial charge in [-0.25, -0.2) is 4.79 Å². The monoisotopic (exact) mass is 428 g/mol. The molecule has 0 saturated carbocycles. The molecule has 0 amide bonds. The van der Waals surface area contributed by atoms with Crippen LogP contribution < -0.4 is 10.4 Å². The van der Waals surface area contributed by atoms with Crippen LogP contribution >= 0.6 is 0 Å². The van der Waals surface area contributed by atoms with Gasteiger partial charge in [0.1, 0.15) is 27.2 Å². The van der Waals surface area contributed by atoms with Crippen LogP contribution in [0.3, 0.4) is 0 Å². The number of fused-ring (bicyclic) bond motifs is 4. The fraction of sp³-hybridized carbons (Fsp3) is 0.0833. The summed E-state index contributed by atoms with van der Waals surface area (Å²) in [6, 6.07) is 19.5. The first-order valence-electron chi connectivity index (χ1n) is 9.51. The first kappa shape index (κ1) is 20.6. The average molecular weight is 428 g/mol. The van der Waals surface area contributed by atoms with Crippen LogP contribution in [0, 0.1) is 21.4 Å². The first-order chi connectivity index (χ1) is 15.5. The van der Waals surface area contributed by atoms with Gasteiger partial charge in [0.25, 0.3) is 0 Å². The van der Waals surface area contributed by atoms with Gasteiger partial charge in [0.2, 0.25) is 0 Å². The van der Waals surface area contributed by atoms with Crippen molar-refractivity contribution in [2.45, 2.75) is 6.92 Å². The summed E-state index contributed by atoms with van der Waals surface area (Å²) >= 11 is 0. The lowest BCUT2D eigenvalue weighted by atomic mass is 9.96. The highest BCUT2D eigenvalue weighted by atomic mass is 16.6. The van der Waals surface area contributed by atoms with Gasteiger partial charge in [0, 0.05) is 12.5 Å². The Bertz CT molecular complexity index is 1590. The number of ether oxygens (including phenoxy) is 1. The van der Waals surface area contributed by atoms with Crippen molar-refractivity contribution in [2.75, 3.05) is 7.11 Å². The van der Waals surface area contributed by atoms with Crippen LogP contribution in [0.4, 0.5) is 5.88 Å². The number of nitrogens with zero attached hydrogens (tertiary/aromatic N) is 2. The summed E-state index contributed by atoms with van der Waals surface area (Å²) < 4.78 is 16.6. The summed E-state index contributed by atoms with van der Waals surface area (Å²) in [6.07, 6.45) is 0. The smallest absolute Gasteiger partial charge is 0.442 e. The summed E-state index contributed by atoms with van der Waals surface area (Å²) in [7, 11) is 1.47. The molecule has 0 aliphatic carbocycles. The van der Waals surface area contributed by atoms with Crippen molar-refractivity contribution >= 4 is 38.6 Å². The third-order valence-electron chi connectivity index (χ3n) is 4.95. The molecular formula is C24H16N2O6. The Labute approximate surface area is 181 Å². The van der Waals surface area contributed by atoms with E-state index in [9.17, 15) is 14.9 Å². The molecule has 5 rings (SSSR count). The number of methoxy groups -OCH3 is 1. The lowest BCUT2D eigenvalue weighted by Gasteiger charge is -2.10. The number of nitriles is 1. The van der Waals surface area contributed by atoms with E-state index in [1.165, 1.54) is 14.0 Å². The van der Waals surface area contributed by atoms with Gasteiger partial charge in [-0.2, -0.15) is 5.26 Å². The van der Waals surface area contributed by atoms with Gasteiger partial charge in [0.05, 0.1) is 18.6 Å². The second-order valence-electron chi connectivity index (χ2n) is 6.72. The molecule has 0 saturated heterocycles. The molecule has 0 bridgehead atoms. The minimum absolute atomic E-state index is 0.0186. The van der Waals surface area contributed by atoms with Crippen LogP contribution in [-0.4, -0.2) is 12.0 Å². The second-order valence-corrected chi connectivity index (χ2v) is 6.72. The molecule has 0 radical (unpaired) electrons. The third kappa shape index (κ3) is 3.22.